The Bertz CT molecular complexity index is 1250. The molecule has 0 aliphatic heterocycles. The molecule has 1 heterocycles. The largest absolute Gasteiger partial charge is 0.616 e. The highest BCUT2D eigenvalue weighted by atomic mass is 32.2. The highest BCUT2D eigenvalue weighted by molar-refractivity contribution is 7.92. The number of aryl methyl sites for hydroxylation is 1. The van der Waals surface area contributed by atoms with E-state index in [0.29, 0.717) is 21.9 Å². The van der Waals surface area contributed by atoms with E-state index in [1.54, 1.807) is 30.5 Å². The van der Waals surface area contributed by atoms with E-state index in [9.17, 15) is 18.5 Å². The number of fused-ring (bicyclic) bond motifs is 1. The summed E-state index contributed by atoms with van der Waals surface area (Å²) in [4.78, 5) is 24.8. The molecule has 0 aliphatic carbocycles. The first-order valence-electron chi connectivity index (χ1n) is 9.32. The summed E-state index contributed by atoms with van der Waals surface area (Å²) in [5.74, 6) is -1.31. The molecule has 7 nitrogen and oxygen atoms in total. The summed E-state index contributed by atoms with van der Waals surface area (Å²) in [5.41, 5.74) is 2.34. The van der Waals surface area contributed by atoms with Gasteiger partial charge in [-0.2, -0.15) is 5.26 Å². The number of hydrogen-bond donors (Lipinski definition) is 2. The zero-order valence-electron chi connectivity index (χ0n) is 16.9. The molecule has 2 atom stereocenters. The predicted molar refractivity (Wildman–Crippen MR) is 115 cm³/mol. The summed E-state index contributed by atoms with van der Waals surface area (Å²) in [7, 11) is 0. The molecule has 0 saturated heterocycles. The Hall–Kier alpha value is -3.19. The van der Waals surface area contributed by atoms with Crippen LogP contribution in [0.15, 0.2) is 53.5 Å². The van der Waals surface area contributed by atoms with Crippen molar-refractivity contribution in [1.82, 2.24) is 10.0 Å². The standard InChI is InChI=1S/C22H20FN3O4S/c1-22(31(2)30,21(28)25-29)8-10-26-9-7-16-12-15(4-6-18(16)20(26)27)17-5-3-14(13-24)11-19(17)23/h3-7,9,11-12,29H,8,10H2,1-2H3,(H,25,28)/t22-,31?/m1/s1. The van der Waals surface area contributed by atoms with Gasteiger partial charge in [0, 0.05) is 30.1 Å². The topological polar surface area (TPSA) is 118 Å². The number of rotatable bonds is 6. The van der Waals surface area contributed by atoms with Crippen molar-refractivity contribution in [2.24, 2.45) is 0 Å². The molecule has 1 unspecified atom stereocenters. The second-order valence-electron chi connectivity index (χ2n) is 7.30. The molecule has 0 spiro atoms. The van der Waals surface area contributed by atoms with Gasteiger partial charge in [0.25, 0.3) is 11.5 Å². The number of aromatic nitrogens is 1. The van der Waals surface area contributed by atoms with E-state index in [4.69, 9.17) is 10.5 Å². The summed E-state index contributed by atoms with van der Waals surface area (Å²) in [6.07, 6.45) is 2.99. The van der Waals surface area contributed by atoms with Crippen LogP contribution in [-0.4, -0.2) is 31.2 Å². The normalized spacial score (nSPS) is 13.9. The fraction of sp³-hybridized carbons (Fsp3) is 0.227. The van der Waals surface area contributed by atoms with Crippen molar-refractivity contribution in [3.8, 4) is 17.2 Å². The number of hydroxylamine groups is 1. The molecule has 9 heteroatoms. The Labute approximate surface area is 180 Å². The van der Waals surface area contributed by atoms with E-state index in [1.807, 2.05) is 6.07 Å². The van der Waals surface area contributed by atoms with E-state index < -0.39 is 27.6 Å². The van der Waals surface area contributed by atoms with Crippen molar-refractivity contribution in [2.45, 2.75) is 24.6 Å². The lowest BCUT2D eigenvalue weighted by atomic mass is 10.0. The minimum absolute atomic E-state index is 0.0719. The van der Waals surface area contributed by atoms with E-state index >= 15 is 0 Å². The maximum absolute atomic E-state index is 14.3. The van der Waals surface area contributed by atoms with E-state index in [-0.39, 0.29) is 24.1 Å². The molecule has 0 saturated carbocycles. The van der Waals surface area contributed by atoms with Gasteiger partial charge in [0.2, 0.25) is 4.75 Å². The molecule has 0 bridgehead atoms. The van der Waals surface area contributed by atoms with Gasteiger partial charge in [0.1, 0.15) is 5.82 Å². The number of amides is 1. The van der Waals surface area contributed by atoms with Crippen LogP contribution in [0, 0.1) is 17.1 Å². The Kier molecular flexibility index (Phi) is 6.45. The number of nitrogens with zero attached hydrogens (tertiary/aromatic N) is 2. The van der Waals surface area contributed by atoms with Crippen LogP contribution in [0.25, 0.3) is 21.9 Å². The quantitative estimate of drug-likeness (QED) is 0.346. The molecular formula is C22H20FN3O4S. The summed E-state index contributed by atoms with van der Waals surface area (Å²) in [6, 6.07) is 12.7. The molecule has 0 fully saturated rings. The van der Waals surface area contributed by atoms with Crippen LogP contribution in [0.2, 0.25) is 0 Å². The molecule has 3 aromatic rings. The lowest BCUT2D eigenvalue weighted by Crippen LogP contribution is -2.49. The van der Waals surface area contributed by atoms with Gasteiger partial charge in [-0.1, -0.05) is 12.1 Å². The third kappa shape index (κ3) is 4.32. The average Bonchev–Trinajstić information content (AvgIpc) is 2.77. The van der Waals surface area contributed by atoms with E-state index in [1.165, 1.54) is 35.4 Å². The van der Waals surface area contributed by atoms with Crippen LogP contribution >= 0.6 is 0 Å². The minimum atomic E-state index is -1.58. The first-order chi connectivity index (χ1) is 14.7. The number of hydrogen-bond acceptors (Lipinski definition) is 5. The number of carbonyl (C=O) groups is 1. The van der Waals surface area contributed by atoms with Crippen molar-refractivity contribution in [1.29, 1.82) is 5.26 Å². The molecule has 31 heavy (non-hydrogen) atoms. The number of halogens is 1. The number of pyridine rings is 1. The fourth-order valence-electron chi connectivity index (χ4n) is 3.29. The maximum Gasteiger partial charge on any atom is 0.299 e. The molecule has 1 aromatic heterocycles. The van der Waals surface area contributed by atoms with Gasteiger partial charge < -0.3 is 9.12 Å². The third-order valence-electron chi connectivity index (χ3n) is 5.43. The second kappa shape index (κ2) is 8.89. The molecule has 2 aromatic carbocycles. The van der Waals surface area contributed by atoms with Crippen LogP contribution in [0.5, 0.6) is 0 Å². The Morgan fingerprint density at radius 2 is 2.06 bits per heavy atom. The monoisotopic (exact) mass is 441 g/mol. The molecule has 3 rings (SSSR count). The van der Waals surface area contributed by atoms with E-state index in [2.05, 4.69) is 0 Å². The van der Waals surface area contributed by atoms with Gasteiger partial charge in [-0.05, 0) is 59.4 Å². The minimum Gasteiger partial charge on any atom is -0.616 e. The SMILES string of the molecule is C[S+]([O-])[C@](C)(CCn1ccc2cc(-c3ccc(C#N)cc3F)ccc2c1=O)C(=O)NO. The van der Waals surface area contributed by atoms with Gasteiger partial charge >= 0.3 is 0 Å². The van der Waals surface area contributed by atoms with Gasteiger partial charge in [-0.3, -0.25) is 14.8 Å². The fourth-order valence-corrected chi connectivity index (χ4v) is 3.98. The zero-order valence-corrected chi connectivity index (χ0v) is 17.7. The van der Waals surface area contributed by atoms with Crippen LogP contribution in [0.1, 0.15) is 18.9 Å². The maximum atomic E-state index is 14.3. The lowest BCUT2D eigenvalue weighted by molar-refractivity contribution is -0.131. The van der Waals surface area contributed by atoms with Crippen LogP contribution in [0.3, 0.4) is 0 Å². The molecule has 1 amide bonds. The smallest absolute Gasteiger partial charge is 0.299 e. The Morgan fingerprint density at radius 1 is 1.32 bits per heavy atom. The van der Waals surface area contributed by atoms with Crippen molar-refractivity contribution >= 4 is 27.9 Å². The summed E-state index contributed by atoms with van der Waals surface area (Å²) in [6.45, 7) is 1.57. The molecule has 2 N–H and O–H groups in total. The van der Waals surface area contributed by atoms with Gasteiger partial charge in [0.05, 0.1) is 17.9 Å². The average molecular weight is 441 g/mol. The summed E-state index contributed by atoms with van der Waals surface area (Å²) >= 11 is -1.58. The van der Waals surface area contributed by atoms with E-state index in [0.717, 1.165) is 6.07 Å². The summed E-state index contributed by atoms with van der Waals surface area (Å²) in [5, 5.41) is 18.8. The van der Waals surface area contributed by atoms with Crippen molar-refractivity contribution in [3.63, 3.8) is 0 Å². The molecular weight excluding hydrogens is 421 g/mol. The first-order valence-corrected chi connectivity index (χ1v) is 10.9. The third-order valence-corrected chi connectivity index (χ3v) is 7.09. The van der Waals surface area contributed by atoms with Gasteiger partial charge in [0.15, 0.2) is 0 Å². The number of benzene rings is 2. The number of carbonyl (C=O) groups excluding carboxylic acids is 1. The predicted octanol–water partition coefficient (Wildman–Crippen LogP) is 2.71. The lowest BCUT2D eigenvalue weighted by Gasteiger charge is -2.27. The van der Waals surface area contributed by atoms with Crippen molar-refractivity contribution < 1.29 is 18.9 Å². The van der Waals surface area contributed by atoms with Crippen LogP contribution in [0.4, 0.5) is 4.39 Å². The van der Waals surface area contributed by atoms with Crippen LogP contribution in [-0.2, 0) is 22.5 Å². The summed E-state index contributed by atoms with van der Waals surface area (Å²) < 4.78 is 26.4. The van der Waals surface area contributed by atoms with Crippen molar-refractivity contribution in [2.75, 3.05) is 6.26 Å². The Balaban J connectivity index is 1.94. The zero-order chi connectivity index (χ0) is 22.8. The number of nitrogens with one attached hydrogen (secondary N) is 1. The van der Waals surface area contributed by atoms with Crippen LogP contribution < -0.4 is 11.0 Å². The first kappa shape index (κ1) is 22.5. The molecule has 0 aliphatic rings. The molecule has 160 valence electrons. The number of nitriles is 1. The highest BCUT2D eigenvalue weighted by Gasteiger charge is 2.42. The second-order valence-corrected chi connectivity index (χ2v) is 9.11. The highest BCUT2D eigenvalue weighted by Crippen LogP contribution is 2.27. The van der Waals surface area contributed by atoms with Gasteiger partial charge in [-0.15, -0.1) is 0 Å². The van der Waals surface area contributed by atoms with Gasteiger partial charge in [-0.25, -0.2) is 9.87 Å². The molecule has 0 radical (unpaired) electrons. The Morgan fingerprint density at radius 3 is 2.68 bits per heavy atom. The van der Waals surface area contributed by atoms with Crippen molar-refractivity contribution in [3.05, 3.63) is 70.4 Å².